The molecule has 0 spiro atoms. The molecule has 34 heavy (non-hydrogen) atoms. The molecule has 0 saturated heterocycles. The molecule has 2 heterocycles. The molecule has 5 aromatic rings. The van der Waals surface area contributed by atoms with Crippen LogP contribution in [0.1, 0.15) is 33.1 Å². The number of hydrogen-bond acceptors (Lipinski definition) is 2. The molecule has 4 nitrogen and oxygen atoms in total. The van der Waals surface area contributed by atoms with Crippen molar-refractivity contribution in [2.45, 2.75) is 12.6 Å². The van der Waals surface area contributed by atoms with E-state index in [1.54, 1.807) is 7.11 Å². The van der Waals surface area contributed by atoms with Gasteiger partial charge >= 0.3 is 0 Å². The summed E-state index contributed by atoms with van der Waals surface area (Å²) in [5.74, 6) is 0.861. The van der Waals surface area contributed by atoms with E-state index < -0.39 is 0 Å². The molecule has 0 bridgehead atoms. The summed E-state index contributed by atoms with van der Waals surface area (Å²) in [5.41, 5.74) is 7.23. The van der Waals surface area contributed by atoms with Gasteiger partial charge in [-0.25, -0.2) is 0 Å². The Balaban J connectivity index is 1.56. The Morgan fingerprint density at radius 2 is 1.53 bits per heavy atom. The van der Waals surface area contributed by atoms with Crippen molar-refractivity contribution in [1.82, 2.24) is 9.88 Å². The zero-order valence-electron chi connectivity index (χ0n) is 18.9. The number of rotatable bonds is 5. The highest BCUT2D eigenvalue weighted by Gasteiger charge is 2.40. The quantitative estimate of drug-likeness (QED) is 0.332. The van der Waals surface area contributed by atoms with E-state index in [0.29, 0.717) is 6.54 Å². The lowest BCUT2D eigenvalue weighted by atomic mass is 9.93. The van der Waals surface area contributed by atoms with Gasteiger partial charge in [0, 0.05) is 28.6 Å². The van der Waals surface area contributed by atoms with Crippen molar-refractivity contribution in [1.29, 1.82) is 0 Å². The molecule has 1 aromatic heterocycles. The monoisotopic (exact) mass is 444 g/mol. The van der Waals surface area contributed by atoms with Gasteiger partial charge in [0.1, 0.15) is 5.75 Å². The fourth-order valence-corrected chi connectivity index (χ4v) is 5.05. The number of hydrogen-bond donors (Lipinski definition) is 1. The van der Waals surface area contributed by atoms with Gasteiger partial charge in [-0.1, -0.05) is 78.9 Å². The van der Waals surface area contributed by atoms with Crippen LogP contribution >= 0.6 is 0 Å². The van der Waals surface area contributed by atoms with Gasteiger partial charge in [0.15, 0.2) is 0 Å². The molecule has 0 radical (unpaired) electrons. The Morgan fingerprint density at radius 1 is 0.824 bits per heavy atom. The molecular formula is C30H24N2O2. The van der Waals surface area contributed by atoms with Gasteiger partial charge in [0.05, 0.1) is 18.8 Å². The standard InChI is InChI=1S/C30H24N2O2/c1-34-22-17-15-20(16-18-22)19-32-29(23-11-5-6-12-24(23)30(32)33)27-25-13-7-8-14-26(25)31-28(27)21-9-3-2-4-10-21/h2-18,29,31H,19H2,1H3. The number of fused-ring (bicyclic) bond motifs is 2. The predicted octanol–water partition coefficient (Wildman–Crippen LogP) is 6.59. The van der Waals surface area contributed by atoms with E-state index in [9.17, 15) is 4.79 Å². The molecule has 1 aliphatic rings. The van der Waals surface area contributed by atoms with Gasteiger partial charge in [-0.05, 0) is 41.0 Å². The van der Waals surface area contributed by atoms with Crippen LogP contribution in [0.5, 0.6) is 5.75 Å². The first kappa shape index (κ1) is 20.3. The molecule has 1 N–H and O–H groups in total. The smallest absolute Gasteiger partial charge is 0.255 e. The van der Waals surface area contributed by atoms with Gasteiger partial charge in [0.25, 0.3) is 5.91 Å². The molecule has 1 atom stereocenters. The number of ether oxygens (including phenoxy) is 1. The first-order valence-corrected chi connectivity index (χ1v) is 11.4. The van der Waals surface area contributed by atoms with Gasteiger partial charge in [-0.2, -0.15) is 0 Å². The van der Waals surface area contributed by atoms with Gasteiger partial charge in [0.2, 0.25) is 0 Å². The Bertz CT molecular complexity index is 1490. The van der Waals surface area contributed by atoms with Crippen LogP contribution in [0.25, 0.3) is 22.2 Å². The highest BCUT2D eigenvalue weighted by Crippen LogP contribution is 2.46. The maximum Gasteiger partial charge on any atom is 0.255 e. The Kier molecular flexibility index (Phi) is 4.92. The number of para-hydroxylation sites is 1. The molecule has 4 heteroatoms. The lowest BCUT2D eigenvalue weighted by molar-refractivity contribution is 0.0737. The van der Waals surface area contributed by atoms with Gasteiger partial charge in [-0.3, -0.25) is 4.79 Å². The topological polar surface area (TPSA) is 45.3 Å². The van der Waals surface area contributed by atoms with Crippen LogP contribution in [0.15, 0.2) is 103 Å². The first-order chi connectivity index (χ1) is 16.7. The van der Waals surface area contributed by atoms with E-state index in [1.165, 1.54) is 0 Å². The second-order valence-electron chi connectivity index (χ2n) is 8.60. The van der Waals surface area contributed by atoms with Crippen LogP contribution in [0.3, 0.4) is 0 Å². The van der Waals surface area contributed by atoms with Crippen LogP contribution in [-0.2, 0) is 6.54 Å². The second kappa shape index (κ2) is 8.23. The number of H-pyrrole nitrogens is 1. The molecular weight excluding hydrogens is 420 g/mol. The van der Waals surface area contributed by atoms with Crippen molar-refractivity contribution in [3.8, 4) is 17.0 Å². The lowest BCUT2D eigenvalue weighted by Crippen LogP contribution is -2.28. The van der Waals surface area contributed by atoms with Crippen LogP contribution in [0, 0.1) is 0 Å². The molecule has 0 fully saturated rings. The predicted molar refractivity (Wildman–Crippen MR) is 135 cm³/mol. The third-order valence-corrected chi connectivity index (χ3v) is 6.65. The molecule has 0 saturated carbocycles. The number of methoxy groups -OCH3 is 1. The van der Waals surface area contributed by atoms with Gasteiger partial charge in [-0.15, -0.1) is 0 Å². The highest BCUT2D eigenvalue weighted by atomic mass is 16.5. The number of nitrogens with one attached hydrogen (secondary N) is 1. The number of carbonyl (C=O) groups is 1. The van der Waals surface area contributed by atoms with E-state index >= 15 is 0 Å². The van der Waals surface area contributed by atoms with Gasteiger partial charge < -0.3 is 14.6 Å². The third kappa shape index (κ3) is 3.27. The number of amides is 1. The number of nitrogens with zero attached hydrogens (tertiary/aromatic N) is 1. The van der Waals surface area contributed by atoms with E-state index in [-0.39, 0.29) is 11.9 Å². The largest absolute Gasteiger partial charge is 0.497 e. The lowest BCUT2D eigenvalue weighted by Gasteiger charge is -2.27. The second-order valence-corrected chi connectivity index (χ2v) is 8.60. The van der Waals surface area contributed by atoms with Crippen molar-refractivity contribution in [3.63, 3.8) is 0 Å². The first-order valence-electron chi connectivity index (χ1n) is 11.4. The van der Waals surface area contributed by atoms with Crippen molar-refractivity contribution < 1.29 is 9.53 Å². The van der Waals surface area contributed by atoms with Crippen molar-refractivity contribution in [2.75, 3.05) is 7.11 Å². The fraction of sp³-hybridized carbons (Fsp3) is 0.100. The minimum atomic E-state index is -0.197. The summed E-state index contributed by atoms with van der Waals surface area (Å²) in [6.07, 6.45) is 0. The third-order valence-electron chi connectivity index (χ3n) is 6.65. The minimum absolute atomic E-state index is 0.0562. The normalized spacial score (nSPS) is 15.0. The maximum atomic E-state index is 13.7. The molecule has 6 rings (SSSR count). The summed E-state index contributed by atoms with van der Waals surface area (Å²) in [6, 6.07) is 34.4. The van der Waals surface area contributed by atoms with Crippen LogP contribution in [0.4, 0.5) is 0 Å². The average molecular weight is 445 g/mol. The molecule has 1 amide bonds. The number of carbonyl (C=O) groups excluding carboxylic acids is 1. The van der Waals surface area contributed by atoms with E-state index in [0.717, 1.165) is 50.2 Å². The summed E-state index contributed by atoms with van der Waals surface area (Å²) in [4.78, 5) is 19.3. The molecule has 1 aliphatic heterocycles. The Labute approximate surface area is 198 Å². The maximum absolute atomic E-state index is 13.7. The highest BCUT2D eigenvalue weighted by molar-refractivity contribution is 6.02. The summed E-state index contributed by atoms with van der Waals surface area (Å²) in [5, 5.41) is 1.13. The zero-order chi connectivity index (χ0) is 23.1. The van der Waals surface area contributed by atoms with Crippen molar-refractivity contribution in [3.05, 3.63) is 125 Å². The van der Waals surface area contributed by atoms with Crippen LogP contribution in [0.2, 0.25) is 0 Å². The number of benzene rings is 4. The molecule has 4 aromatic carbocycles. The molecule has 1 unspecified atom stereocenters. The molecule has 166 valence electrons. The van der Waals surface area contributed by atoms with E-state index in [1.807, 2.05) is 71.6 Å². The fourth-order valence-electron chi connectivity index (χ4n) is 5.05. The number of aromatic nitrogens is 1. The average Bonchev–Trinajstić information content (AvgIpc) is 3.40. The summed E-state index contributed by atoms with van der Waals surface area (Å²) in [7, 11) is 1.66. The van der Waals surface area contributed by atoms with Crippen LogP contribution < -0.4 is 4.74 Å². The summed E-state index contributed by atoms with van der Waals surface area (Å²) < 4.78 is 5.32. The minimum Gasteiger partial charge on any atom is -0.497 e. The van der Waals surface area contributed by atoms with Crippen LogP contribution in [-0.4, -0.2) is 22.9 Å². The summed E-state index contributed by atoms with van der Waals surface area (Å²) in [6.45, 7) is 0.510. The van der Waals surface area contributed by atoms with E-state index in [4.69, 9.17) is 4.74 Å². The Hall–Kier alpha value is -4.31. The van der Waals surface area contributed by atoms with Crippen molar-refractivity contribution in [2.24, 2.45) is 0 Å². The number of aromatic amines is 1. The SMILES string of the molecule is COc1ccc(CN2C(=O)c3ccccc3C2c2c(-c3ccccc3)[nH]c3ccccc23)cc1. The van der Waals surface area contributed by atoms with Crippen molar-refractivity contribution >= 4 is 16.8 Å². The zero-order valence-corrected chi connectivity index (χ0v) is 18.9. The summed E-state index contributed by atoms with van der Waals surface area (Å²) >= 11 is 0. The Morgan fingerprint density at radius 3 is 2.32 bits per heavy atom. The molecule has 0 aliphatic carbocycles. The van der Waals surface area contributed by atoms with E-state index in [2.05, 4.69) is 41.4 Å².